The first-order valence-corrected chi connectivity index (χ1v) is 6.80. The summed E-state index contributed by atoms with van der Waals surface area (Å²) < 4.78 is 25.8. The van der Waals surface area contributed by atoms with Crippen LogP contribution in [0.1, 0.15) is 42.2 Å². The van der Waals surface area contributed by atoms with Gasteiger partial charge in [0.2, 0.25) is 0 Å². The SMILES string of the molecule is Cc1cc(F)c(C(=O)O)c(C(=O)O)c1.Cc1ccc(C(=O)O)c(F)c1. The number of benzene rings is 2. The summed E-state index contributed by atoms with van der Waals surface area (Å²) in [5.41, 5.74) is -0.536. The lowest BCUT2D eigenvalue weighted by Gasteiger charge is -2.03. The number of aryl methyl sites for hydroxylation is 2. The van der Waals surface area contributed by atoms with Gasteiger partial charge in [-0.1, -0.05) is 6.07 Å². The third-order valence-corrected chi connectivity index (χ3v) is 3.03. The fraction of sp³-hybridized carbons (Fsp3) is 0.118. The molecule has 0 saturated heterocycles. The van der Waals surface area contributed by atoms with E-state index in [-0.39, 0.29) is 5.56 Å². The number of carboxylic acids is 3. The van der Waals surface area contributed by atoms with E-state index in [1.54, 1.807) is 13.0 Å². The molecule has 0 heterocycles. The molecule has 0 radical (unpaired) electrons. The maximum absolute atomic E-state index is 13.1. The van der Waals surface area contributed by atoms with E-state index in [4.69, 9.17) is 15.3 Å². The van der Waals surface area contributed by atoms with Crippen molar-refractivity contribution in [1.82, 2.24) is 0 Å². The highest BCUT2D eigenvalue weighted by molar-refractivity contribution is 6.02. The van der Waals surface area contributed by atoms with Crippen molar-refractivity contribution in [3.05, 3.63) is 69.8 Å². The third-order valence-electron chi connectivity index (χ3n) is 3.03. The Morgan fingerprint density at radius 1 is 0.720 bits per heavy atom. The topological polar surface area (TPSA) is 112 Å². The van der Waals surface area contributed by atoms with Crippen molar-refractivity contribution in [2.45, 2.75) is 13.8 Å². The van der Waals surface area contributed by atoms with Crippen LogP contribution in [0.4, 0.5) is 8.78 Å². The normalized spacial score (nSPS) is 9.76. The molecule has 3 N–H and O–H groups in total. The van der Waals surface area contributed by atoms with Gasteiger partial charge >= 0.3 is 17.9 Å². The summed E-state index contributed by atoms with van der Waals surface area (Å²) in [5, 5.41) is 25.6. The highest BCUT2D eigenvalue weighted by Gasteiger charge is 2.20. The van der Waals surface area contributed by atoms with Crippen LogP contribution < -0.4 is 0 Å². The molecule has 0 bridgehead atoms. The lowest BCUT2D eigenvalue weighted by Crippen LogP contribution is -2.11. The van der Waals surface area contributed by atoms with E-state index in [1.807, 2.05) is 0 Å². The summed E-state index contributed by atoms with van der Waals surface area (Å²) in [4.78, 5) is 31.4. The second-order valence-corrected chi connectivity index (χ2v) is 5.07. The summed E-state index contributed by atoms with van der Waals surface area (Å²) in [6.45, 7) is 3.19. The van der Waals surface area contributed by atoms with E-state index >= 15 is 0 Å². The number of hydrogen-bond acceptors (Lipinski definition) is 3. The number of hydrogen-bond donors (Lipinski definition) is 3. The minimum atomic E-state index is -1.58. The molecule has 0 aliphatic heterocycles. The van der Waals surface area contributed by atoms with Gasteiger partial charge in [0.1, 0.15) is 17.2 Å². The van der Waals surface area contributed by atoms with E-state index in [9.17, 15) is 23.2 Å². The van der Waals surface area contributed by atoms with Crippen LogP contribution in [-0.4, -0.2) is 33.2 Å². The summed E-state index contributed by atoms with van der Waals surface area (Å²) in [7, 11) is 0. The molecule has 2 aromatic rings. The standard InChI is InChI=1S/C9H7FO4.C8H7FO2/c1-4-2-5(8(11)12)7(9(13)14)6(10)3-4;1-5-2-3-6(8(10)11)7(9)4-5/h2-3H,1H3,(H,11,12)(H,13,14);2-4H,1H3,(H,10,11). The Bertz CT molecular complexity index is 845. The molecule has 2 aromatic carbocycles. The maximum atomic E-state index is 13.1. The van der Waals surface area contributed by atoms with Gasteiger partial charge in [-0.15, -0.1) is 0 Å². The monoisotopic (exact) mass is 352 g/mol. The fourth-order valence-corrected chi connectivity index (χ4v) is 1.92. The van der Waals surface area contributed by atoms with Crippen LogP contribution in [0, 0.1) is 25.5 Å². The van der Waals surface area contributed by atoms with E-state index < -0.39 is 40.7 Å². The molecule has 132 valence electrons. The zero-order valence-electron chi connectivity index (χ0n) is 13.2. The van der Waals surface area contributed by atoms with Crippen LogP contribution in [-0.2, 0) is 0 Å². The minimum absolute atomic E-state index is 0.282. The molecule has 0 amide bonds. The molecule has 25 heavy (non-hydrogen) atoms. The lowest BCUT2D eigenvalue weighted by atomic mass is 10.0. The predicted octanol–water partition coefficient (Wildman–Crippen LogP) is 3.36. The summed E-state index contributed by atoms with van der Waals surface area (Å²) >= 11 is 0. The first-order chi connectivity index (χ1) is 11.5. The fourth-order valence-electron chi connectivity index (χ4n) is 1.92. The molecular formula is C17H14F2O6. The first kappa shape index (κ1) is 19.8. The Hall–Kier alpha value is -3.29. The van der Waals surface area contributed by atoms with Gasteiger partial charge in [-0.2, -0.15) is 0 Å². The molecule has 0 atom stereocenters. The van der Waals surface area contributed by atoms with Gasteiger partial charge in [0.05, 0.1) is 11.1 Å². The van der Waals surface area contributed by atoms with Crippen molar-refractivity contribution >= 4 is 17.9 Å². The van der Waals surface area contributed by atoms with Crippen LogP contribution in [0.2, 0.25) is 0 Å². The highest BCUT2D eigenvalue weighted by Crippen LogP contribution is 2.16. The third kappa shape index (κ3) is 5.10. The van der Waals surface area contributed by atoms with E-state index in [1.165, 1.54) is 19.1 Å². The molecule has 8 heteroatoms. The van der Waals surface area contributed by atoms with Crippen molar-refractivity contribution in [1.29, 1.82) is 0 Å². The van der Waals surface area contributed by atoms with Crippen molar-refractivity contribution in [2.75, 3.05) is 0 Å². The van der Waals surface area contributed by atoms with Gasteiger partial charge in [-0.05, 0) is 49.2 Å². The average Bonchev–Trinajstić information content (AvgIpc) is 2.45. The van der Waals surface area contributed by atoms with Gasteiger partial charge < -0.3 is 15.3 Å². The van der Waals surface area contributed by atoms with Crippen LogP contribution in [0.3, 0.4) is 0 Å². The molecular weight excluding hydrogens is 338 g/mol. The Morgan fingerprint density at radius 3 is 1.68 bits per heavy atom. The van der Waals surface area contributed by atoms with Gasteiger partial charge in [-0.3, -0.25) is 0 Å². The molecule has 2 rings (SSSR count). The predicted molar refractivity (Wildman–Crippen MR) is 83.2 cm³/mol. The van der Waals surface area contributed by atoms with Crippen LogP contribution in [0.5, 0.6) is 0 Å². The first-order valence-electron chi connectivity index (χ1n) is 6.80. The number of aromatic carboxylic acids is 3. The van der Waals surface area contributed by atoms with Gasteiger partial charge in [-0.25, -0.2) is 23.2 Å². The summed E-state index contributed by atoms with van der Waals surface area (Å²) in [5.74, 6) is -5.99. The second kappa shape index (κ2) is 8.00. The summed E-state index contributed by atoms with van der Waals surface area (Å²) in [6, 6.07) is 6.12. The van der Waals surface area contributed by atoms with E-state index in [0.29, 0.717) is 11.1 Å². The number of rotatable bonds is 3. The molecule has 0 aromatic heterocycles. The van der Waals surface area contributed by atoms with Crippen LogP contribution in [0.25, 0.3) is 0 Å². The maximum Gasteiger partial charge on any atom is 0.339 e. The minimum Gasteiger partial charge on any atom is -0.478 e. The average molecular weight is 352 g/mol. The molecule has 0 aliphatic carbocycles. The van der Waals surface area contributed by atoms with Crippen LogP contribution in [0.15, 0.2) is 30.3 Å². The van der Waals surface area contributed by atoms with Gasteiger partial charge in [0.15, 0.2) is 0 Å². The Labute approximate surface area is 141 Å². The van der Waals surface area contributed by atoms with Gasteiger partial charge in [0.25, 0.3) is 0 Å². The number of carbonyl (C=O) groups is 3. The van der Waals surface area contributed by atoms with Crippen molar-refractivity contribution < 1.29 is 38.5 Å². The van der Waals surface area contributed by atoms with Crippen molar-refractivity contribution in [2.24, 2.45) is 0 Å². The smallest absolute Gasteiger partial charge is 0.339 e. The number of halogens is 2. The lowest BCUT2D eigenvalue weighted by molar-refractivity contribution is 0.0647. The highest BCUT2D eigenvalue weighted by atomic mass is 19.1. The molecule has 0 aliphatic rings. The summed E-state index contributed by atoms with van der Waals surface area (Å²) in [6.07, 6.45) is 0. The Kier molecular flexibility index (Phi) is 6.32. The molecule has 0 spiro atoms. The quantitative estimate of drug-likeness (QED) is 0.781. The second-order valence-electron chi connectivity index (χ2n) is 5.07. The Balaban J connectivity index is 0.000000257. The largest absolute Gasteiger partial charge is 0.478 e. The zero-order valence-corrected chi connectivity index (χ0v) is 13.2. The Morgan fingerprint density at radius 2 is 1.24 bits per heavy atom. The van der Waals surface area contributed by atoms with Crippen molar-refractivity contribution in [3.63, 3.8) is 0 Å². The molecule has 0 saturated carbocycles. The molecule has 0 unspecified atom stereocenters. The van der Waals surface area contributed by atoms with Crippen molar-refractivity contribution in [3.8, 4) is 0 Å². The zero-order chi connectivity index (χ0) is 19.3. The van der Waals surface area contributed by atoms with E-state index in [2.05, 4.69) is 0 Å². The molecule has 6 nitrogen and oxygen atoms in total. The van der Waals surface area contributed by atoms with E-state index in [0.717, 1.165) is 12.1 Å². The molecule has 0 fully saturated rings. The van der Waals surface area contributed by atoms with Crippen LogP contribution >= 0.6 is 0 Å². The number of carboxylic acid groups (broad SMARTS) is 3. The van der Waals surface area contributed by atoms with Gasteiger partial charge in [0, 0.05) is 0 Å².